The molecule has 1 saturated heterocycles. The minimum Gasteiger partial charge on any atom is -0.415 e. The van der Waals surface area contributed by atoms with Gasteiger partial charge in [0.15, 0.2) is 0 Å². The van der Waals surface area contributed by atoms with E-state index in [-0.39, 0.29) is 0 Å². The summed E-state index contributed by atoms with van der Waals surface area (Å²) < 4.78 is 10.4. The second kappa shape index (κ2) is 2.91. The molecular formula is C6H7BrN2O2. The van der Waals surface area contributed by atoms with Crippen LogP contribution in [0, 0.1) is 0 Å². The number of aromatic nitrogens is 2. The quantitative estimate of drug-likeness (QED) is 0.714. The van der Waals surface area contributed by atoms with E-state index in [2.05, 4.69) is 26.1 Å². The topological polar surface area (TPSA) is 48.2 Å². The van der Waals surface area contributed by atoms with Crippen molar-refractivity contribution in [3.05, 3.63) is 10.7 Å². The van der Waals surface area contributed by atoms with Gasteiger partial charge in [-0.15, -0.1) is 10.2 Å². The molecule has 1 unspecified atom stereocenters. The average Bonchev–Trinajstić information content (AvgIpc) is 2.55. The third-order valence-electron chi connectivity index (χ3n) is 1.69. The Labute approximate surface area is 72.1 Å². The van der Waals surface area contributed by atoms with E-state index in [9.17, 15) is 0 Å². The van der Waals surface area contributed by atoms with E-state index in [1.54, 1.807) is 0 Å². The maximum atomic E-state index is 5.18. The van der Waals surface area contributed by atoms with Crippen molar-refractivity contribution in [3.8, 4) is 0 Å². The molecule has 60 valence electrons. The highest BCUT2D eigenvalue weighted by atomic mass is 79.9. The average molecular weight is 219 g/mol. The molecule has 0 amide bonds. The number of nitrogens with zero attached hydrogens (tertiary/aromatic N) is 2. The van der Waals surface area contributed by atoms with E-state index < -0.39 is 0 Å². The molecule has 1 aliphatic heterocycles. The number of hydrogen-bond donors (Lipinski definition) is 0. The standard InChI is InChI=1S/C6H7BrN2O2/c7-6-9-8-5(11-6)4-1-2-10-3-4/h4H,1-3H2. The van der Waals surface area contributed by atoms with Gasteiger partial charge in [0.05, 0.1) is 12.5 Å². The Balaban J connectivity index is 2.15. The van der Waals surface area contributed by atoms with Gasteiger partial charge in [-0.3, -0.25) is 0 Å². The van der Waals surface area contributed by atoms with E-state index in [0.29, 0.717) is 23.2 Å². The fraction of sp³-hybridized carbons (Fsp3) is 0.667. The summed E-state index contributed by atoms with van der Waals surface area (Å²) >= 11 is 3.10. The molecule has 0 radical (unpaired) electrons. The van der Waals surface area contributed by atoms with Crippen LogP contribution in [0.1, 0.15) is 18.2 Å². The minimum atomic E-state index is 0.300. The Morgan fingerprint density at radius 3 is 2.91 bits per heavy atom. The van der Waals surface area contributed by atoms with E-state index >= 15 is 0 Å². The lowest BCUT2D eigenvalue weighted by molar-refractivity contribution is 0.190. The minimum absolute atomic E-state index is 0.300. The lowest BCUT2D eigenvalue weighted by atomic mass is 10.1. The van der Waals surface area contributed by atoms with E-state index in [4.69, 9.17) is 9.15 Å². The molecule has 4 nitrogen and oxygen atoms in total. The van der Waals surface area contributed by atoms with Crippen LogP contribution in [0.3, 0.4) is 0 Å². The van der Waals surface area contributed by atoms with E-state index in [0.717, 1.165) is 13.0 Å². The molecule has 5 heteroatoms. The molecule has 11 heavy (non-hydrogen) atoms. The third kappa shape index (κ3) is 1.44. The van der Waals surface area contributed by atoms with Crippen molar-refractivity contribution in [2.24, 2.45) is 0 Å². The van der Waals surface area contributed by atoms with Gasteiger partial charge >= 0.3 is 0 Å². The van der Waals surface area contributed by atoms with Gasteiger partial charge in [0.1, 0.15) is 0 Å². The Kier molecular flexibility index (Phi) is 1.91. The van der Waals surface area contributed by atoms with E-state index in [1.807, 2.05) is 0 Å². The van der Waals surface area contributed by atoms with Crippen LogP contribution in [0.15, 0.2) is 9.22 Å². The van der Waals surface area contributed by atoms with Crippen molar-refractivity contribution in [2.75, 3.05) is 13.2 Å². The first-order chi connectivity index (χ1) is 5.36. The highest BCUT2D eigenvalue weighted by molar-refractivity contribution is 9.10. The smallest absolute Gasteiger partial charge is 0.284 e. The van der Waals surface area contributed by atoms with Crippen LogP contribution in [0.4, 0.5) is 0 Å². The summed E-state index contributed by atoms with van der Waals surface area (Å²) in [6.45, 7) is 1.50. The molecule has 1 fully saturated rings. The summed E-state index contributed by atoms with van der Waals surface area (Å²) in [4.78, 5) is 0.444. The van der Waals surface area contributed by atoms with Gasteiger partial charge in [-0.05, 0) is 6.42 Å². The van der Waals surface area contributed by atoms with Crippen molar-refractivity contribution in [1.29, 1.82) is 0 Å². The van der Waals surface area contributed by atoms with Crippen LogP contribution in [-0.2, 0) is 4.74 Å². The molecule has 1 aromatic rings. The van der Waals surface area contributed by atoms with Gasteiger partial charge in [-0.1, -0.05) is 0 Å². The molecule has 0 aliphatic carbocycles. The summed E-state index contributed by atoms with van der Waals surface area (Å²) in [6, 6.07) is 0. The fourth-order valence-electron chi connectivity index (χ4n) is 1.11. The highest BCUT2D eigenvalue weighted by Crippen LogP contribution is 2.24. The number of rotatable bonds is 1. The summed E-state index contributed by atoms with van der Waals surface area (Å²) in [5, 5.41) is 7.56. The summed E-state index contributed by atoms with van der Waals surface area (Å²) in [7, 11) is 0. The SMILES string of the molecule is Brc1nnc(C2CCOC2)o1. The number of ether oxygens (including phenoxy) is 1. The maximum absolute atomic E-state index is 5.18. The van der Waals surface area contributed by atoms with Crippen molar-refractivity contribution in [1.82, 2.24) is 10.2 Å². The molecule has 2 rings (SSSR count). The molecule has 0 aromatic carbocycles. The molecule has 0 spiro atoms. The lowest BCUT2D eigenvalue weighted by Crippen LogP contribution is -1.97. The largest absolute Gasteiger partial charge is 0.415 e. The predicted octanol–water partition coefficient (Wildman–Crippen LogP) is 1.34. The van der Waals surface area contributed by atoms with Crippen LogP contribution in [0.25, 0.3) is 0 Å². The molecule has 1 atom stereocenters. The zero-order valence-corrected chi connectivity index (χ0v) is 7.37. The van der Waals surface area contributed by atoms with Crippen molar-refractivity contribution < 1.29 is 9.15 Å². The van der Waals surface area contributed by atoms with Crippen molar-refractivity contribution >= 4 is 15.9 Å². The summed E-state index contributed by atoms with van der Waals surface area (Å²) in [5.41, 5.74) is 0. The van der Waals surface area contributed by atoms with Gasteiger partial charge in [0.25, 0.3) is 4.80 Å². The monoisotopic (exact) mass is 218 g/mol. The van der Waals surface area contributed by atoms with Crippen molar-refractivity contribution in [2.45, 2.75) is 12.3 Å². The molecule has 0 N–H and O–H groups in total. The van der Waals surface area contributed by atoms with E-state index in [1.165, 1.54) is 0 Å². The van der Waals surface area contributed by atoms with Gasteiger partial charge in [0.2, 0.25) is 5.89 Å². The normalized spacial score (nSPS) is 24.3. The fourth-order valence-corrected chi connectivity index (χ4v) is 1.36. The predicted molar refractivity (Wildman–Crippen MR) is 40.2 cm³/mol. The first-order valence-corrected chi connectivity index (χ1v) is 4.22. The third-order valence-corrected chi connectivity index (χ3v) is 2.02. The van der Waals surface area contributed by atoms with Gasteiger partial charge in [-0.25, -0.2) is 0 Å². The zero-order valence-electron chi connectivity index (χ0n) is 5.79. The molecular weight excluding hydrogens is 212 g/mol. The van der Waals surface area contributed by atoms with Crippen LogP contribution >= 0.6 is 15.9 Å². The molecule has 1 aromatic heterocycles. The second-order valence-corrected chi connectivity index (χ2v) is 3.13. The van der Waals surface area contributed by atoms with Crippen LogP contribution in [0.5, 0.6) is 0 Å². The lowest BCUT2D eigenvalue weighted by Gasteiger charge is -1.97. The Morgan fingerprint density at radius 1 is 1.45 bits per heavy atom. The Bertz CT molecular complexity index is 244. The maximum Gasteiger partial charge on any atom is 0.284 e. The first-order valence-electron chi connectivity index (χ1n) is 3.43. The van der Waals surface area contributed by atoms with Gasteiger partial charge < -0.3 is 9.15 Å². The molecule has 0 saturated carbocycles. The molecule has 2 heterocycles. The van der Waals surface area contributed by atoms with Crippen LogP contribution < -0.4 is 0 Å². The molecule has 0 bridgehead atoms. The zero-order chi connectivity index (χ0) is 7.68. The summed E-state index contributed by atoms with van der Waals surface area (Å²) in [5.74, 6) is 0.975. The molecule has 1 aliphatic rings. The Morgan fingerprint density at radius 2 is 2.36 bits per heavy atom. The highest BCUT2D eigenvalue weighted by Gasteiger charge is 2.22. The second-order valence-electron chi connectivity index (χ2n) is 2.45. The number of halogens is 1. The first kappa shape index (κ1) is 7.24. The summed E-state index contributed by atoms with van der Waals surface area (Å²) in [6.07, 6.45) is 0.981. The van der Waals surface area contributed by atoms with Crippen molar-refractivity contribution in [3.63, 3.8) is 0 Å². The Hall–Kier alpha value is -0.420. The van der Waals surface area contributed by atoms with Gasteiger partial charge in [-0.2, -0.15) is 0 Å². The van der Waals surface area contributed by atoms with Crippen LogP contribution in [0.2, 0.25) is 0 Å². The van der Waals surface area contributed by atoms with Crippen LogP contribution in [-0.4, -0.2) is 23.4 Å². The van der Waals surface area contributed by atoms with Gasteiger partial charge in [0, 0.05) is 22.5 Å². The number of hydrogen-bond acceptors (Lipinski definition) is 4.